The zero-order chi connectivity index (χ0) is 24.1. The highest BCUT2D eigenvalue weighted by Crippen LogP contribution is 2.38. The highest BCUT2D eigenvalue weighted by Gasteiger charge is 2.50. The highest BCUT2D eigenvalue weighted by molar-refractivity contribution is 7.09. The zero-order valence-electron chi connectivity index (χ0n) is 20.4. The fraction of sp³-hybridized carbons (Fsp3) is 0.433. The number of esters is 1. The number of carbonyl (C=O) groups excluding carboxylic acids is 1. The largest absolute Gasteiger partial charge is 0.455 e. The number of aliphatic hydroxyl groups excluding tert-OH is 1. The fourth-order valence-electron chi connectivity index (χ4n) is 6.17. The van der Waals surface area contributed by atoms with Gasteiger partial charge in [-0.15, -0.1) is 11.3 Å². The number of piperidine rings is 3. The van der Waals surface area contributed by atoms with Gasteiger partial charge in [0, 0.05) is 30.1 Å². The number of nitrogens with zero attached hydrogens (tertiary/aromatic N) is 1. The van der Waals surface area contributed by atoms with Gasteiger partial charge in [-0.1, -0.05) is 66.7 Å². The van der Waals surface area contributed by atoms with Crippen molar-refractivity contribution < 1.29 is 19.1 Å². The average molecular weight is 491 g/mol. The lowest BCUT2D eigenvalue weighted by Crippen LogP contribution is -2.65. The van der Waals surface area contributed by atoms with Crippen LogP contribution < -0.4 is 0 Å². The quantitative estimate of drug-likeness (QED) is 0.321. The summed E-state index contributed by atoms with van der Waals surface area (Å²) < 4.78 is 7.44. The number of quaternary nitrogens is 1. The van der Waals surface area contributed by atoms with Gasteiger partial charge in [0.15, 0.2) is 6.10 Å². The molecule has 0 aliphatic carbocycles. The monoisotopic (exact) mass is 490 g/mol. The molecule has 2 atom stereocenters. The zero-order valence-corrected chi connectivity index (χ0v) is 21.2. The molecule has 3 aliphatic heterocycles. The van der Waals surface area contributed by atoms with Crippen molar-refractivity contribution in [1.82, 2.24) is 0 Å². The van der Waals surface area contributed by atoms with Crippen LogP contribution in [0, 0.1) is 5.92 Å². The Labute approximate surface area is 212 Å². The number of benzene rings is 2. The van der Waals surface area contributed by atoms with E-state index in [2.05, 4.69) is 17.5 Å². The van der Waals surface area contributed by atoms with E-state index >= 15 is 0 Å². The smallest absolute Gasteiger partial charge is 0.319 e. The fourth-order valence-corrected chi connectivity index (χ4v) is 6.92. The second kappa shape index (κ2) is 10.7. The van der Waals surface area contributed by atoms with Gasteiger partial charge in [0.1, 0.15) is 12.0 Å². The Bertz CT molecular complexity index is 1080. The van der Waals surface area contributed by atoms with Crippen LogP contribution in [0.2, 0.25) is 0 Å². The molecule has 6 rings (SSSR count). The molecule has 0 spiro atoms. The lowest BCUT2D eigenvalue weighted by atomic mass is 9.75. The molecule has 3 aromatic rings. The predicted octanol–water partition coefficient (Wildman–Crippen LogP) is 5.01. The molecular weight excluding hydrogens is 454 g/mol. The number of rotatable bonds is 10. The molecule has 0 saturated carbocycles. The Morgan fingerprint density at radius 1 is 1.00 bits per heavy atom. The van der Waals surface area contributed by atoms with Crippen molar-refractivity contribution in [3.8, 4) is 0 Å². The first-order chi connectivity index (χ1) is 17.1. The third-order valence-corrected chi connectivity index (χ3v) is 9.21. The van der Waals surface area contributed by atoms with Crippen molar-refractivity contribution >= 4 is 17.3 Å². The van der Waals surface area contributed by atoms with Gasteiger partial charge >= 0.3 is 5.97 Å². The second-order valence-electron chi connectivity index (χ2n) is 10.4. The van der Waals surface area contributed by atoms with E-state index < -0.39 is 5.41 Å². The van der Waals surface area contributed by atoms with E-state index in [4.69, 9.17) is 4.74 Å². The molecule has 1 aromatic heterocycles. The Morgan fingerprint density at radius 3 is 2.37 bits per heavy atom. The van der Waals surface area contributed by atoms with Crippen LogP contribution in [0.1, 0.15) is 35.3 Å². The van der Waals surface area contributed by atoms with Gasteiger partial charge in [-0.2, -0.15) is 0 Å². The predicted molar refractivity (Wildman–Crippen MR) is 140 cm³/mol. The maximum Gasteiger partial charge on any atom is 0.319 e. The molecule has 3 aliphatic rings. The first-order valence-corrected chi connectivity index (χ1v) is 13.8. The van der Waals surface area contributed by atoms with E-state index in [1.165, 1.54) is 24.4 Å². The number of thiophene rings is 1. The lowest BCUT2D eigenvalue weighted by Gasteiger charge is -2.52. The molecule has 4 heterocycles. The maximum atomic E-state index is 13.9. The minimum absolute atomic E-state index is 0.0721. The Morgan fingerprint density at radius 2 is 1.71 bits per heavy atom. The van der Waals surface area contributed by atoms with Crippen molar-refractivity contribution in [2.24, 2.45) is 5.92 Å². The van der Waals surface area contributed by atoms with Crippen LogP contribution in [0.3, 0.4) is 0 Å². The van der Waals surface area contributed by atoms with Gasteiger partial charge in [-0.05, 0) is 35.4 Å². The summed E-state index contributed by atoms with van der Waals surface area (Å²) in [6.45, 7) is 4.16. The molecule has 3 saturated heterocycles. The molecular formula is C30H36NO3S+. The summed E-state index contributed by atoms with van der Waals surface area (Å²) in [5, 5.41) is 12.8. The number of hydrogen-bond donors (Lipinski definition) is 1. The summed E-state index contributed by atoms with van der Waals surface area (Å²) >= 11 is 1.84. The molecule has 0 amide bonds. The molecule has 3 fully saturated rings. The molecule has 0 radical (unpaired) electrons. The van der Waals surface area contributed by atoms with Crippen LogP contribution >= 0.6 is 11.3 Å². The number of aryl methyl sites for hydroxylation is 1. The Kier molecular flexibility index (Phi) is 7.37. The number of fused-ring (bicyclic) bond motifs is 3. The third-order valence-electron chi connectivity index (χ3n) is 8.27. The van der Waals surface area contributed by atoms with Gasteiger partial charge in [0.2, 0.25) is 0 Å². The van der Waals surface area contributed by atoms with Crippen LogP contribution in [-0.2, 0) is 27.8 Å². The summed E-state index contributed by atoms with van der Waals surface area (Å²) in [5.74, 6) is 0.144. The highest BCUT2D eigenvalue weighted by atomic mass is 32.1. The van der Waals surface area contributed by atoms with Gasteiger partial charge in [0.05, 0.1) is 26.2 Å². The van der Waals surface area contributed by atoms with Crippen molar-refractivity contribution in [3.05, 3.63) is 94.2 Å². The molecule has 2 aromatic carbocycles. The topological polar surface area (TPSA) is 46.5 Å². The van der Waals surface area contributed by atoms with Crippen LogP contribution in [0.5, 0.6) is 0 Å². The number of hydrogen-bond acceptors (Lipinski definition) is 4. The van der Waals surface area contributed by atoms with E-state index in [1.54, 1.807) is 0 Å². The van der Waals surface area contributed by atoms with Gasteiger partial charge in [-0.25, -0.2) is 0 Å². The van der Waals surface area contributed by atoms with Crippen LogP contribution in [0.25, 0.3) is 0 Å². The molecule has 35 heavy (non-hydrogen) atoms. The normalized spacial score (nSPS) is 25.2. The van der Waals surface area contributed by atoms with Gasteiger partial charge in [0.25, 0.3) is 0 Å². The van der Waals surface area contributed by atoms with Crippen molar-refractivity contribution in [2.45, 2.75) is 43.6 Å². The first-order valence-electron chi connectivity index (χ1n) is 12.9. The molecule has 5 heteroatoms. The van der Waals surface area contributed by atoms with E-state index in [0.717, 1.165) is 48.0 Å². The van der Waals surface area contributed by atoms with Gasteiger partial charge < -0.3 is 14.3 Å². The van der Waals surface area contributed by atoms with Crippen LogP contribution in [0.4, 0.5) is 0 Å². The Hall–Kier alpha value is -2.47. The third kappa shape index (κ3) is 5.23. The minimum Gasteiger partial charge on any atom is -0.455 e. The minimum atomic E-state index is -1.10. The number of carbonyl (C=O) groups is 1. The summed E-state index contributed by atoms with van der Waals surface area (Å²) in [4.78, 5) is 15.4. The summed E-state index contributed by atoms with van der Waals surface area (Å²) in [6, 6.07) is 24.0. The molecule has 2 bridgehead atoms. The van der Waals surface area contributed by atoms with Crippen molar-refractivity contribution in [2.75, 3.05) is 32.8 Å². The number of aliphatic hydroxyl groups is 1. The van der Waals surface area contributed by atoms with Crippen LogP contribution in [0.15, 0.2) is 78.2 Å². The standard InChI is InChI=1S/C30H36NO3S/c32-23-30(26-11-5-2-6-12-26,21-24-9-3-1-4-10-24)29(33)34-28-22-31(18-15-25(28)16-19-31)17-7-13-27-14-8-20-35-27/h1-6,8-12,14,20,25,28,32H,7,13,15-19,21-23H2/q+1/t25?,28-,30?,31?/m0/s1. The van der Waals surface area contributed by atoms with E-state index in [0.29, 0.717) is 12.3 Å². The second-order valence-corrected chi connectivity index (χ2v) is 11.5. The maximum absolute atomic E-state index is 13.9. The SMILES string of the molecule is O=C(O[C@H]1C[N+]2(CCCc3cccs3)CCC1CC2)C(CO)(Cc1ccccc1)c1ccccc1. The Balaban J connectivity index is 1.33. The molecule has 1 N–H and O–H groups in total. The summed E-state index contributed by atoms with van der Waals surface area (Å²) in [7, 11) is 0. The summed E-state index contributed by atoms with van der Waals surface area (Å²) in [5.41, 5.74) is 0.740. The van der Waals surface area contributed by atoms with E-state index in [9.17, 15) is 9.90 Å². The number of ether oxygens (including phenoxy) is 1. The van der Waals surface area contributed by atoms with Gasteiger partial charge in [-0.3, -0.25) is 4.79 Å². The van der Waals surface area contributed by atoms with E-state index in [1.807, 2.05) is 72.0 Å². The average Bonchev–Trinajstić information content (AvgIpc) is 3.42. The summed E-state index contributed by atoms with van der Waals surface area (Å²) in [6.07, 6.45) is 4.89. The molecule has 184 valence electrons. The van der Waals surface area contributed by atoms with Crippen LogP contribution in [-0.4, -0.2) is 54.4 Å². The first kappa shape index (κ1) is 24.2. The molecule has 1 unspecified atom stereocenters. The van der Waals surface area contributed by atoms with Crippen molar-refractivity contribution in [3.63, 3.8) is 0 Å². The van der Waals surface area contributed by atoms with E-state index in [-0.39, 0.29) is 18.7 Å². The lowest BCUT2D eigenvalue weighted by molar-refractivity contribution is -0.946. The molecule has 4 nitrogen and oxygen atoms in total. The van der Waals surface area contributed by atoms with Crippen molar-refractivity contribution in [1.29, 1.82) is 0 Å².